The Morgan fingerprint density at radius 3 is 2.24 bits per heavy atom. The molecule has 4 nitrogen and oxygen atoms in total. The molecule has 1 unspecified atom stereocenters. The molecule has 0 aromatic rings. The summed E-state index contributed by atoms with van der Waals surface area (Å²) in [5.41, 5.74) is 0. The van der Waals surface area contributed by atoms with Crippen LogP contribution in [-0.2, 0) is 9.47 Å². The van der Waals surface area contributed by atoms with E-state index in [1.54, 1.807) is 0 Å². The van der Waals surface area contributed by atoms with Crippen LogP contribution in [0.15, 0.2) is 0 Å². The molecule has 0 aromatic heterocycles. The summed E-state index contributed by atoms with van der Waals surface area (Å²) in [4.78, 5) is 4.97. The van der Waals surface area contributed by atoms with Gasteiger partial charge in [-0.1, -0.05) is 6.92 Å². The lowest BCUT2D eigenvalue weighted by Gasteiger charge is -2.40. The van der Waals surface area contributed by atoms with Gasteiger partial charge in [-0.05, 0) is 27.3 Å². The summed E-state index contributed by atoms with van der Waals surface area (Å²) in [5, 5.41) is 0. The predicted molar refractivity (Wildman–Crippen MR) is 70.2 cm³/mol. The van der Waals surface area contributed by atoms with E-state index in [1.165, 1.54) is 0 Å². The highest BCUT2D eigenvalue weighted by Gasteiger charge is 2.24. The van der Waals surface area contributed by atoms with E-state index in [-0.39, 0.29) is 6.29 Å². The molecule has 1 aliphatic heterocycles. The topological polar surface area (TPSA) is 24.9 Å². The van der Waals surface area contributed by atoms with E-state index >= 15 is 0 Å². The van der Waals surface area contributed by atoms with Gasteiger partial charge in [-0.3, -0.25) is 9.80 Å². The van der Waals surface area contributed by atoms with E-state index in [2.05, 4.69) is 23.6 Å². The van der Waals surface area contributed by atoms with E-state index < -0.39 is 0 Å². The maximum absolute atomic E-state index is 5.60. The quantitative estimate of drug-likeness (QED) is 0.632. The third-order valence-corrected chi connectivity index (χ3v) is 3.37. The number of piperazine rings is 1. The Balaban J connectivity index is 2.35. The number of rotatable bonds is 7. The van der Waals surface area contributed by atoms with Gasteiger partial charge in [-0.2, -0.15) is 0 Å². The van der Waals surface area contributed by atoms with Gasteiger partial charge in [0.25, 0.3) is 0 Å². The zero-order chi connectivity index (χ0) is 12.7. The standard InChI is InChI=1S/C13H28N2O2/c1-5-15-9-8-14(10-12(15)4)11-13(16-6-2)17-7-3/h12-13H,5-11H2,1-4H3. The SMILES string of the molecule is CCOC(CN1CCN(CC)C(C)C1)OCC. The minimum Gasteiger partial charge on any atom is -0.352 e. The molecule has 0 amide bonds. The number of hydrogen-bond acceptors (Lipinski definition) is 4. The Labute approximate surface area is 106 Å². The van der Waals surface area contributed by atoms with Crippen LogP contribution in [-0.4, -0.2) is 68.1 Å². The van der Waals surface area contributed by atoms with Gasteiger partial charge >= 0.3 is 0 Å². The molecule has 1 rings (SSSR count). The third kappa shape index (κ3) is 4.92. The van der Waals surface area contributed by atoms with Crippen molar-refractivity contribution in [2.24, 2.45) is 0 Å². The molecular formula is C13H28N2O2. The highest BCUT2D eigenvalue weighted by atomic mass is 16.7. The van der Waals surface area contributed by atoms with Crippen molar-refractivity contribution in [3.05, 3.63) is 0 Å². The second kappa shape index (κ2) is 8.03. The van der Waals surface area contributed by atoms with Gasteiger partial charge in [0.2, 0.25) is 0 Å². The van der Waals surface area contributed by atoms with Gasteiger partial charge < -0.3 is 9.47 Å². The van der Waals surface area contributed by atoms with Crippen LogP contribution in [0.25, 0.3) is 0 Å². The zero-order valence-corrected chi connectivity index (χ0v) is 11.8. The summed E-state index contributed by atoms with van der Waals surface area (Å²) in [7, 11) is 0. The Bertz CT molecular complexity index is 196. The summed E-state index contributed by atoms with van der Waals surface area (Å²) in [6.45, 7) is 15.4. The molecule has 0 N–H and O–H groups in total. The smallest absolute Gasteiger partial charge is 0.170 e. The van der Waals surface area contributed by atoms with Crippen LogP contribution in [0.5, 0.6) is 0 Å². The first-order valence-electron chi connectivity index (χ1n) is 6.90. The summed E-state index contributed by atoms with van der Waals surface area (Å²) in [6, 6.07) is 0.637. The van der Waals surface area contributed by atoms with Crippen molar-refractivity contribution < 1.29 is 9.47 Å². The number of ether oxygens (including phenoxy) is 2. The third-order valence-electron chi connectivity index (χ3n) is 3.37. The normalized spacial score (nSPS) is 23.5. The van der Waals surface area contributed by atoms with E-state index in [4.69, 9.17) is 9.47 Å². The van der Waals surface area contributed by atoms with Crippen LogP contribution in [0.1, 0.15) is 27.7 Å². The van der Waals surface area contributed by atoms with Gasteiger partial charge in [0.05, 0.1) is 0 Å². The van der Waals surface area contributed by atoms with Gasteiger partial charge in [0.1, 0.15) is 0 Å². The Kier molecular flexibility index (Phi) is 7.04. The molecule has 1 atom stereocenters. The van der Waals surface area contributed by atoms with Crippen molar-refractivity contribution in [2.45, 2.75) is 40.0 Å². The fourth-order valence-corrected chi connectivity index (χ4v) is 2.44. The first-order valence-corrected chi connectivity index (χ1v) is 6.90. The maximum Gasteiger partial charge on any atom is 0.170 e. The van der Waals surface area contributed by atoms with Crippen LogP contribution < -0.4 is 0 Å². The molecule has 0 saturated carbocycles. The lowest BCUT2D eigenvalue weighted by atomic mass is 10.2. The van der Waals surface area contributed by atoms with Crippen molar-refractivity contribution in [3.8, 4) is 0 Å². The highest BCUT2D eigenvalue weighted by molar-refractivity contribution is 4.78. The molecule has 4 heteroatoms. The summed E-state index contributed by atoms with van der Waals surface area (Å²) >= 11 is 0. The van der Waals surface area contributed by atoms with Crippen LogP contribution in [0, 0.1) is 0 Å². The van der Waals surface area contributed by atoms with Crippen molar-refractivity contribution in [3.63, 3.8) is 0 Å². The fourth-order valence-electron chi connectivity index (χ4n) is 2.44. The second-order valence-corrected chi connectivity index (χ2v) is 4.58. The number of nitrogens with zero attached hydrogens (tertiary/aromatic N) is 2. The molecule has 1 aliphatic rings. The molecule has 0 aliphatic carbocycles. The first kappa shape index (κ1) is 14.9. The van der Waals surface area contributed by atoms with Crippen molar-refractivity contribution in [1.29, 1.82) is 0 Å². The van der Waals surface area contributed by atoms with Crippen molar-refractivity contribution in [1.82, 2.24) is 9.80 Å². The van der Waals surface area contributed by atoms with Crippen molar-refractivity contribution >= 4 is 0 Å². The van der Waals surface area contributed by atoms with Crippen molar-refractivity contribution in [2.75, 3.05) is 45.9 Å². The van der Waals surface area contributed by atoms with Crippen LogP contribution >= 0.6 is 0 Å². The minimum atomic E-state index is -0.0645. The van der Waals surface area contributed by atoms with Gasteiger partial charge in [-0.15, -0.1) is 0 Å². The maximum atomic E-state index is 5.60. The monoisotopic (exact) mass is 244 g/mol. The average Bonchev–Trinajstić information content (AvgIpc) is 2.30. The molecular weight excluding hydrogens is 216 g/mol. The summed E-state index contributed by atoms with van der Waals surface area (Å²) in [6.07, 6.45) is -0.0645. The summed E-state index contributed by atoms with van der Waals surface area (Å²) < 4.78 is 11.2. The van der Waals surface area contributed by atoms with Gasteiger partial charge in [0, 0.05) is 45.4 Å². The zero-order valence-electron chi connectivity index (χ0n) is 11.8. The Hall–Kier alpha value is -0.160. The Morgan fingerprint density at radius 1 is 1.12 bits per heavy atom. The second-order valence-electron chi connectivity index (χ2n) is 4.58. The molecule has 1 saturated heterocycles. The molecule has 1 heterocycles. The lowest BCUT2D eigenvalue weighted by Crippen LogP contribution is -2.53. The average molecular weight is 244 g/mol. The van der Waals surface area contributed by atoms with Gasteiger partial charge in [0.15, 0.2) is 6.29 Å². The van der Waals surface area contributed by atoms with E-state index in [9.17, 15) is 0 Å². The molecule has 17 heavy (non-hydrogen) atoms. The molecule has 0 aromatic carbocycles. The van der Waals surface area contributed by atoms with Crippen LogP contribution in [0.4, 0.5) is 0 Å². The molecule has 0 radical (unpaired) electrons. The lowest BCUT2D eigenvalue weighted by molar-refractivity contribution is -0.150. The summed E-state index contributed by atoms with van der Waals surface area (Å²) in [5.74, 6) is 0. The highest BCUT2D eigenvalue weighted by Crippen LogP contribution is 2.10. The molecule has 102 valence electrons. The first-order chi connectivity index (χ1) is 8.21. The molecule has 1 fully saturated rings. The predicted octanol–water partition coefficient (Wildman–Crippen LogP) is 1.41. The molecule has 0 spiro atoms. The van der Waals surface area contributed by atoms with E-state index in [0.717, 1.165) is 45.9 Å². The van der Waals surface area contributed by atoms with E-state index in [0.29, 0.717) is 6.04 Å². The molecule has 0 bridgehead atoms. The number of likely N-dealkylation sites (N-methyl/N-ethyl adjacent to an activating group) is 1. The minimum absolute atomic E-state index is 0.0645. The number of hydrogen-bond donors (Lipinski definition) is 0. The van der Waals surface area contributed by atoms with Crippen LogP contribution in [0.3, 0.4) is 0 Å². The van der Waals surface area contributed by atoms with Gasteiger partial charge in [-0.25, -0.2) is 0 Å². The largest absolute Gasteiger partial charge is 0.352 e. The van der Waals surface area contributed by atoms with E-state index in [1.807, 2.05) is 13.8 Å². The Morgan fingerprint density at radius 2 is 1.76 bits per heavy atom. The van der Waals surface area contributed by atoms with Crippen LogP contribution in [0.2, 0.25) is 0 Å². The fraction of sp³-hybridized carbons (Fsp3) is 1.00.